The molecule has 1 aliphatic rings. The minimum atomic E-state index is -0.881. The van der Waals surface area contributed by atoms with Crippen LogP contribution in [-0.2, 0) is 22.6 Å². The van der Waals surface area contributed by atoms with Gasteiger partial charge in [0.25, 0.3) is 0 Å². The first kappa shape index (κ1) is 15.5. The molecule has 1 aromatic rings. The Bertz CT molecular complexity index is 549. The maximum Gasteiger partial charge on any atom is 0.321 e. The SMILES string of the molecule is CC(C)(C)NC(=O)CN1Cc2ccccc2CC1C(=O)O. The highest BCUT2D eigenvalue weighted by atomic mass is 16.4. The average Bonchev–Trinajstić information content (AvgIpc) is 2.35. The van der Waals surface area contributed by atoms with Gasteiger partial charge in [-0.3, -0.25) is 14.5 Å². The van der Waals surface area contributed by atoms with Crippen molar-refractivity contribution in [2.24, 2.45) is 0 Å². The second kappa shape index (κ2) is 5.85. The normalized spacial score (nSPS) is 18.9. The minimum absolute atomic E-state index is 0.0998. The molecule has 1 amide bonds. The zero-order valence-corrected chi connectivity index (χ0v) is 12.7. The third-order valence-electron chi connectivity index (χ3n) is 3.49. The number of nitrogens with one attached hydrogen (secondary N) is 1. The molecular weight excluding hydrogens is 268 g/mol. The van der Waals surface area contributed by atoms with Gasteiger partial charge in [0.15, 0.2) is 0 Å². The topological polar surface area (TPSA) is 69.6 Å². The van der Waals surface area contributed by atoms with Crippen LogP contribution in [0.25, 0.3) is 0 Å². The first-order valence-electron chi connectivity index (χ1n) is 7.11. The van der Waals surface area contributed by atoms with Crippen LogP contribution in [-0.4, -0.2) is 40.0 Å². The summed E-state index contributed by atoms with van der Waals surface area (Å²) in [4.78, 5) is 25.3. The summed E-state index contributed by atoms with van der Waals surface area (Å²) in [6.45, 7) is 6.31. The molecule has 21 heavy (non-hydrogen) atoms. The van der Waals surface area contributed by atoms with E-state index in [9.17, 15) is 14.7 Å². The van der Waals surface area contributed by atoms with Crippen LogP contribution in [0.15, 0.2) is 24.3 Å². The van der Waals surface area contributed by atoms with Crippen LogP contribution in [0.2, 0.25) is 0 Å². The van der Waals surface area contributed by atoms with Gasteiger partial charge in [-0.2, -0.15) is 0 Å². The lowest BCUT2D eigenvalue weighted by Crippen LogP contribution is -2.52. The van der Waals surface area contributed by atoms with Gasteiger partial charge in [-0.1, -0.05) is 24.3 Å². The average molecular weight is 290 g/mol. The third kappa shape index (κ3) is 4.04. The van der Waals surface area contributed by atoms with Gasteiger partial charge in [-0.05, 0) is 38.3 Å². The molecule has 1 heterocycles. The first-order chi connectivity index (χ1) is 9.76. The lowest BCUT2D eigenvalue weighted by molar-refractivity contribution is -0.144. The summed E-state index contributed by atoms with van der Waals surface area (Å²) < 4.78 is 0. The molecule has 0 spiro atoms. The fraction of sp³-hybridized carbons (Fsp3) is 0.500. The van der Waals surface area contributed by atoms with Crippen molar-refractivity contribution in [3.63, 3.8) is 0 Å². The molecular formula is C16H22N2O3. The molecule has 0 saturated carbocycles. The molecule has 5 heteroatoms. The van der Waals surface area contributed by atoms with Gasteiger partial charge in [0.1, 0.15) is 6.04 Å². The van der Waals surface area contributed by atoms with E-state index in [1.807, 2.05) is 45.0 Å². The molecule has 1 atom stereocenters. The van der Waals surface area contributed by atoms with Crippen molar-refractivity contribution in [2.45, 2.75) is 45.3 Å². The van der Waals surface area contributed by atoms with Crippen LogP contribution < -0.4 is 5.32 Å². The molecule has 1 aliphatic heterocycles. The Morgan fingerprint density at radius 1 is 1.29 bits per heavy atom. The number of carboxylic acid groups (broad SMARTS) is 1. The van der Waals surface area contributed by atoms with Crippen molar-refractivity contribution < 1.29 is 14.7 Å². The van der Waals surface area contributed by atoms with Crippen LogP contribution in [0, 0.1) is 0 Å². The molecule has 0 saturated heterocycles. The Morgan fingerprint density at radius 2 is 1.90 bits per heavy atom. The molecule has 5 nitrogen and oxygen atoms in total. The second-order valence-corrected chi connectivity index (χ2v) is 6.53. The van der Waals surface area contributed by atoms with Gasteiger partial charge in [0, 0.05) is 12.1 Å². The fourth-order valence-electron chi connectivity index (χ4n) is 2.63. The van der Waals surface area contributed by atoms with Crippen molar-refractivity contribution >= 4 is 11.9 Å². The Balaban J connectivity index is 2.14. The Morgan fingerprint density at radius 3 is 2.48 bits per heavy atom. The number of carboxylic acids is 1. The fourth-order valence-corrected chi connectivity index (χ4v) is 2.63. The van der Waals surface area contributed by atoms with Crippen LogP contribution in [0.5, 0.6) is 0 Å². The van der Waals surface area contributed by atoms with E-state index in [1.165, 1.54) is 0 Å². The Kier molecular flexibility index (Phi) is 4.32. The van der Waals surface area contributed by atoms with Gasteiger partial charge in [0.05, 0.1) is 6.54 Å². The number of aliphatic carboxylic acids is 1. The van der Waals surface area contributed by atoms with E-state index in [0.717, 1.165) is 11.1 Å². The number of hydrogen-bond acceptors (Lipinski definition) is 3. The Hall–Kier alpha value is -1.88. The summed E-state index contributed by atoms with van der Waals surface area (Å²) in [5, 5.41) is 12.3. The van der Waals surface area contributed by atoms with Gasteiger partial charge in [-0.25, -0.2) is 0 Å². The maximum absolute atomic E-state index is 12.1. The molecule has 0 bridgehead atoms. The molecule has 2 N–H and O–H groups in total. The van der Waals surface area contributed by atoms with Gasteiger partial charge in [0.2, 0.25) is 5.91 Å². The Labute approximate surface area is 125 Å². The van der Waals surface area contributed by atoms with Crippen LogP contribution >= 0.6 is 0 Å². The van der Waals surface area contributed by atoms with Gasteiger partial charge in [-0.15, -0.1) is 0 Å². The van der Waals surface area contributed by atoms with E-state index in [0.29, 0.717) is 13.0 Å². The molecule has 0 radical (unpaired) electrons. The summed E-state index contributed by atoms with van der Waals surface area (Å²) in [5.41, 5.74) is 1.83. The van der Waals surface area contributed by atoms with Crippen molar-refractivity contribution in [1.29, 1.82) is 0 Å². The van der Waals surface area contributed by atoms with E-state index >= 15 is 0 Å². The summed E-state index contributed by atoms with van der Waals surface area (Å²) in [5.74, 6) is -1.03. The standard InChI is InChI=1S/C16H22N2O3/c1-16(2,3)17-14(19)10-18-9-12-7-5-4-6-11(12)8-13(18)15(20)21/h4-7,13H,8-10H2,1-3H3,(H,17,19)(H,20,21). The summed E-state index contributed by atoms with van der Waals surface area (Å²) in [7, 11) is 0. The van der Waals surface area contributed by atoms with Crippen LogP contribution in [0.1, 0.15) is 31.9 Å². The van der Waals surface area contributed by atoms with Crippen molar-refractivity contribution in [2.75, 3.05) is 6.54 Å². The summed E-state index contributed by atoms with van der Waals surface area (Å²) >= 11 is 0. The van der Waals surface area contributed by atoms with E-state index < -0.39 is 12.0 Å². The molecule has 114 valence electrons. The van der Waals surface area contributed by atoms with Gasteiger partial charge < -0.3 is 10.4 Å². The largest absolute Gasteiger partial charge is 0.480 e. The van der Waals surface area contributed by atoms with Crippen molar-refractivity contribution in [1.82, 2.24) is 10.2 Å². The van der Waals surface area contributed by atoms with E-state index in [2.05, 4.69) is 5.32 Å². The smallest absolute Gasteiger partial charge is 0.321 e. The minimum Gasteiger partial charge on any atom is -0.480 e. The summed E-state index contributed by atoms with van der Waals surface area (Å²) in [6, 6.07) is 7.15. The number of benzene rings is 1. The van der Waals surface area contributed by atoms with Crippen molar-refractivity contribution in [3.05, 3.63) is 35.4 Å². The lowest BCUT2D eigenvalue weighted by atomic mass is 9.94. The molecule has 1 unspecified atom stereocenters. The highest BCUT2D eigenvalue weighted by molar-refractivity contribution is 5.80. The van der Waals surface area contributed by atoms with E-state index in [1.54, 1.807) is 4.90 Å². The highest BCUT2D eigenvalue weighted by Crippen LogP contribution is 2.23. The predicted octanol–water partition coefficient (Wildman–Crippen LogP) is 1.41. The number of fused-ring (bicyclic) bond motifs is 1. The quantitative estimate of drug-likeness (QED) is 0.883. The first-order valence-corrected chi connectivity index (χ1v) is 7.11. The molecule has 0 fully saturated rings. The maximum atomic E-state index is 12.1. The molecule has 0 aliphatic carbocycles. The zero-order chi connectivity index (χ0) is 15.6. The monoisotopic (exact) mass is 290 g/mol. The zero-order valence-electron chi connectivity index (χ0n) is 12.7. The number of carbonyl (C=O) groups is 2. The number of carbonyl (C=O) groups excluding carboxylic acids is 1. The molecule has 2 rings (SSSR count). The number of rotatable bonds is 3. The van der Waals surface area contributed by atoms with Crippen molar-refractivity contribution in [3.8, 4) is 0 Å². The van der Waals surface area contributed by atoms with Gasteiger partial charge >= 0.3 is 5.97 Å². The van der Waals surface area contributed by atoms with E-state index in [4.69, 9.17) is 0 Å². The second-order valence-electron chi connectivity index (χ2n) is 6.53. The van der Waals surface area contributed by atoms with Crippen LogP contribution in [0.4, 0.5) is 0 Å². The molecule has 1 aromatic carbocycles. The highest BCUT2D eigenvalue weighted by Gasteiger charge is 2.32. The number of nitrogens with zero attached hydrogens (tertiary/aromatic N) is 1. The number of hydrogen-bond donors (Lipinski definition) is 2. The number of amides is 1. The van der Waals surface area contributed by atoms with E-state index in [-0.39, 0.29) is 18.0 Å². The third-order valence-corrected chi connectivity index (χ3v) is 3.49. The lowest BCUT2D eigenvalue weighted by Gasteiger charge is -2.34. The van der Waals surface area contributed by atoms with Crippen LogP contribution in [0.3, 0.4) is 0 Å². The summed E-state index contributed by atoms with van der Waals surface area (Å²) in [6.07, 6.45) is 0.439. The predicted molar refractivity (Wildman–Crippen MR) is 79.9 cm³/mol. The molecule has 0 aromatic heterocycles.